The Bertz CT molecular complexity index is 1890. The fourth-order valence-electron chi connectivity index (χ4n) is 5.86. The molecule has 1 unspecified atom stereocenters. The number of nitrogens with zero attached hydrogens (tertiary/aromatic N) is 4. The van der Waals surface area contributed by atoms with E-state index in [1.54, 1.807) is 44.4 Å². The number of aromatic nitrogens is 4. The summed E-state index contributed by atoms with van der Waals surface area (Å²) in [7, 11) is 6.50. The first-order valence-corrected chi connectivity index (χ1v) is 19.3. The number of fused-ring (bicyclic) bond motifs is 1. The molecule has 58 heavy (non-hydrogen) atoms. The van der Waals surface area contributed by atoms with Crippen LogP contribution >= 0.6 is 0 Å². The second kappa shape index (κ2) is 28.4. The van der Waals surface area contributed by atoms with E-state index >= 15 is 0 Å². The van der Waals surface area contributed by atoms with Crippen molar-refractivity contribution < 1.29 is 28.7 Å². The third kappa shape index (κ3) is 15.9. The van der Waals surface area contributed by atoms with Gasteiger partial charge in [-0.15, -0.1) is 12.8 Å². The van der Waals surface area contributed by atoms with Gasteiger partial charge in [0.25, 0.3) is 0 Å². The SMILES string of the molecule is C#C.CCC.CCCN(Cc1nc2ccc(C#Cc3ccc(-c4cnc([C@@H]5CCCN5C(=O)CNC=O)[nH]4)cc3)cc2[nH]1)C(=O)C(NC=O)C(C)C.COC.COC. The van der Waals surface area contributed by atoms with Gasteiger partial charge in [0, 0.05) is 52.7 Å². The standard InChI is InChI=1S/C35H40N8O4.C3H8.2C2H6O.C2H2/c1-4-15-42(35(47)33(23(2)3)38-22-45)20-31-39-27-14-11-25(17-28(27)40-31)8-7-24-9-12-26(13-10-24)29-18-37-34(41-29)30-6-5-16-43(30)32(46)19-36-21-44;3*1-3-2;1-2/h9-14,17-18,21-23,30,33H,4-6,15-16,19-20H2,1-3H3,(H,36,44)(H,37,41)(H,38,45)(H,39,40);3H2,1-2H3;2*1-2H3;1-2H/t30-,33?;;;;/m0..../s1. The lowest BCUT2D eigenvalue weighted by Crippen LogP contribution is -2.49. The molecule has 2 aromatic heterocycles. The zero-order chi connectivity index (χ0) is 43.5. The Kier molecular flexibility index (Phi) is 24.5. The molecule has 2 atom stereocenters. The number of rotatable bonds is 13. The highest BCUT2D eigenvalue weighted by Crippen LogP contribution is 2.31. The van der Waals surface area contributed by atoms with Crippen molar-refractivity contribution in [2.45, 2.75) is 78.9 Å². The monoisotopic (exact) mass is 798 g/mol. The molecule has 0 aliphatic carbocycles. The molecule has 314 valence electrons. The van der Waals surface area contributed by atoms with E-state index in [4.69, 9.17) is 0 Å². The molecule has 1 aliphatic rings. The van der Waals surface area contributed by atoms with Gasteiger partial charge in [-0.3, -0.25) is 19.2 Å². The maximum absolute atomic E-state index is 13.2. The molecule has 0 spiro atoms. The van der Waals surface area contributed by atoms with E-state index in [-0.39, 0.29) is 30.3 Å². The lowest BCUT2D eigenvalue weighted by molar-refractivity contribution is -0.136. The van der Waals surface area contributed by atoms with Crippen molar-refractivity contribution in [1.82, 2.24) is 40.4 Å². The maximum atomic E-state index is 13.2. The first-order chi connectivity index (χ1) is 28.0. The number of amides is 4. The predicted octanol–water partition coefficient (Wildman–Crippen LogP) is 5.46. The smallest absolute Gasteiger partial charge is 0.245 e. The van der Waals surface area contributed by atoms with Crippen molar-refractivity contribution in [2.24, 2.45) is 5.92 Å². The minimum atomic E-state index is -0.588. The highest BCUT2D eigenvalue weighted by molar-refractivity contribution is 5.84. The molecule has 4 aromatic rings. The number of ether oxygens (including phenoxy) is 2. The largest absolute Gasteiger partial charge is 0.388 e. The van der Waals surface area contributed by atoms with Gasteiger partial charge < -0.3 is 39.9 Å². The topological polar surface area (TPSA) is 175 Å². The second-order valence-electron chi connectivity index (χ2n) is 13.5. The van der Waals surface area contributed by atoms with E-state index in [1.165, 1.54) is 6.42 Å². The molecule has 1 fully saturated rings. The quantitative estimate of drug-likeness (QED) is 0.102. The Morgan fingerprint density at radius 1 is 0.983 bits per heavy atom. The van der Waals surface area contributed by atoms with Crippen LogP contribution in [0.15, 0.2) is 48.7 Å². The molecule has 1 saturated heterocycles. The maximum Gasteiger partial charge on any atom is 0.245 e. The van der Waals surface area contributed by atoms with Crippen LogP contribution in [-0.4, -0.2) is 108 Å². The minimum absolute atomic E-state index is 0.0198. The number of methoxy groups -OCH3 is 2. The van der Waals surface area contributed by atoms with Gasteiger partial charge in [0.2, 0.25) is 24.6 Å². The lowest BCUT2D eigenvalue weighted by Gasteiger charge is -2.28. The Morgan fingerprint density at radius 3 is 2.19 bits per heavy atom. The van der Waals surface area contributed by atoms with Gasteiger partial charge in [-0.2, -0.15) is 0 Å². The van der Waals surface area contributed by atoms with Crippen molar-refractivity contribution in [1.29, 1.82) is 0 Å². The molecule has 4 amide bonds. The van der Waals surface area contributed by atoms with Gasteiger partial charge in [-0.05, 0) is 61.1 Å². The van der Waals surface area contributed by atoms with Gasteiger partial charge in [0.15, 0.2) is 0 Å². The average molecular weight is 799 g/mol. The number of likely N-dealkylation sites (tertiary alicyclic amines) is 1. The molecule has 1 aliphatic heterocycles. The summed E-state index contributed by atoms with van der Waals surface area (Å²) >= 11 is 0. The normalized spacial score (nSPS) is 13.0. The van der Waals surface area contributed by atoms with Crippen LogP contribution in [0.4, 0.5) is 0 Å². The second-order valence-corrected chi connectivity index (χ2v) is 13.5. The number of hydrogen-bond acceptors (Lipinski definition) is 8. The van der Waals surface area contributed by atoms with Crippen LogP contribution in [0.3, 0.4) is 0 Å². The average Bonchev–Trinajstić information content (AvgIpc) is 4.00. The van der Waals surface area contributed by atoms with Gasteiger partial charge in [0.05, 0.1) is 42.1 Å². The highest BCUT2D eigenvalue weighted by atomic mass is 16.5. The summed E-state index contributed by atoms with van der Waals surface area (Å²) in [6.07, 6.45) is 14.6. The van der Waals surface area contributed by atoms with Crippen LogP contribution in [-0.2, 0) is 35.2 Å². The van der Waals surface area contributed by atoms with Crippen molar-refractivity contribution in [2.75, 3.05) is 48.1 Å². The number of H-pyrrole nitrogens is 2. The summed E-state index contributed by atoms with van der Waals surface area (Å²) < 4.78 is 8.50. The first-order valence-electron chi connectivity index (χ1n) is 19.3. The van der Waals surface area contributed by atoms with E-state index in [2.05, 4.69) is 78.6 Å². The number of carbonyl (C=O) groups excluding carboxylic acids is 4. The molecule has 0 radical (unpaired) electrons. The van der Waals surface area contributed by atoms with Gasteiger partial charge in [0.1, 0.15) is 17.7 Å². The van der Waals surface area contributed by atoms with Crippen LogP contribution in [0, 0.1) is 30.6 Å². The van der Waals surface area contributed by atoms with Crippen molar-refractivity contribution in [3.05, 3.63) is 71.4 Å². The van der Waals surface area contributed by atoms with Crippen molar-refractivity contribution in [3.8, 4) is 35.9 Å². The number of benzene rings is 2. The van der Waals surface area contributed by atoms with Crippen LogP contribution in [0.25, 0.3) is 22.3 Å². The van der Waals surface area contributed by atoms with E-state index in [0.717, 1.165) is 58.5 Å². The molecule has 5 rings (SSSR count). The number of imidazole rings is 2. The Labute approximate surface area is 344 Å². The van der Waals surface area contributed by atoms with Crippen LogP contribution in [0.2, 0.25) is 0 Å². The molecular formula is C44H62N8O6. The third-order valence-electron chi connectivity index (χ3n) is 8.23. The fraction of sp³-hybridized carbons (Fsp3) is 0.455. The molecule has 0 saturated carbocycles. The predicted molar refractivity (Wildman–Crippen MR) is 229 cm³/mol. The molecule has 4 N–H and O–H groups in total. The molecule has 14 nitrogen and oxygen atoms in total. The van der Waals surface area contributed by atoms with E-state index in [1.807, 2.05) is 63.2 Å². The van der Waals surface area contributed by atoms with Gasteiger partial charge >= 0.3 is 0 Å². The van der Waals surface area contributed by atoms with E-state index < -0.39 is 6.04 Å². The molecule has 2 aromatic carbocycles. The summed E-state index contributed by atoms with van der Waals surface area (Å²) in [5.41, 5.74) is 5.10. The van der Waals surface area contributed by atoms with Crippen molar-refractivity contribution in [3.63, 3.8) is 0 Å². The van der Waals surface area contributed by atoms with Crippen LogP contribution in [0.5, 0.6) is 0 Å². The first kappa shape index (κ1) is 50.1. The summed E-state index contributed by atoms with van der Waals surface area (Å²) in [5, 5.41) is 5.10. The van der Waals surface area contributed by atoms with E-state index in [9.17, 15) is 19.2 Å². The molecular weight excluding hydrogens is 737 g/mol. The number of hydrogen-bond donors (Lipinski definition) is 4. The summed E-state index contributed by atoms with van der Waals surface area (Å²) in [6, 6.07) is 12.9. The molecule has 3 heterocycles. The molecule has 14 heteroatoms. The highest BCUT2D eigenvalue weighted by Gasteiger charge is 2.32. The third-order valence-corrected chi connectivity index (χ3v) is 8.23. The van der Waals surface area contributed by atoms with Crippen molar-refractivity contribution >= 4 is 35.7 Å². The van der Waals surface area contributed by atoms with Crippen LogP contribution < -0.4 is 10.6 Å². The van der Waals surface area contributed by atoms with Gasteiger partial charge in [-0.1, -0.05) is 65.0 Å². The Morgan fingerprint density at radius 2 is 1.60 bits per heavy atom. The van der Waals surface area contributed by atoms with E-state index in [0.29, 0.717) is 38.3 Å². The minimum Gasteiger partial charge on any atom is -0.388 e. The van der Waals surface area contributed by atoms with Gasteiger partial charge in [-0.25, -0.2) is 9.97 Å². The Hall–Kier alpha value is -5.96. The number of carbonyl (C=O) groups is 4. The zero-order valence-corrected chi connectivity index (χ0v) is 35.6. The van der Waals surface area contributed by atoms with Crippen LogP contribution in [0.1, 0.15) is 89.1 Å². The zero-order valence-electron chi connectivity index (χ0n) is 35.6. The summed E-state index contributed by atoms with van der Waals surface area (Å²) in [6.45, 7) is 11.6. The number of terminal acetylenes is 1. The lowest BCUT2D eigenvalue weighted by atomic mass is 10.0. The number of nitrogens with one attached hydrogen (secondary N) is 4. The summed E-state index contributed by atoms with van der Waals surface area (Å²) in [5.74, 6) is 7.56. The fourth-order valence-corrected chi connectivity index (χ4v) is 5.86. The Balaban J connectivity index is 0.00000138. The summed E-state index contributed by atoms with van der Waals surface area (Å²) in [4.78, 5) is 66.8. The molecule has 0 bridgehead atoms. The number of aromatic amines is 2.